The molecule has 0 aliphatic carbocycles. The largest absolute Gasteiger partial charge is 0.476 e. The summed E-state index contributed by atoms with van der Waals surface area (Å²) >= 11 is 5.87. The second kappa shape index (κ2) is 8.45. The Morgan fingerprint density at radius 2 is 1.88 bits per heavy atom. The fourth-order valence-corrected chi connectivity index (χ4v) is 2.57. The molecule has 0 aliphatic heterocycles. The van der Waals surface area contributed by atoms with Crippen molar-refractivity contribution in [3.8, 4) is 17.1 Å². The number of ether oxygens (including phenoxy) is 1. The number of nitrogens with zero attached hydrogens (tertiary/aromatic N) is 2. The van der Waals surface area contributed by atoms with Crippen LogP contribution in [0.25, 0.3) is 11.3 Å². The van der Waals surface area contributed by atoms with Crippen LogP contribution in [0.4, 0.5) is 0 Å². The van der Waals surface area contributed by atoms with Crippen LogP contribution in [0.3, 0.4) is 0 Å². The third-order valence-electron chi connectivity index (χ3n) is 3.84. The van der Waals surface area contributed by atoms with Crippen LogP contribution in [0.1, 0.15) is 15.9 Å². The van der Waals surface area contributed by atoms with E-state index in [4.69, 9.17) is 16.3 Å². The summed E-state index contributed by atoms with van der Waals surface area (Å²) in [6.45, 7) is 0.502. The summed E-state index contributed by atoms with van der Waals surface area (Å²) < 4.78 is 5.64. The molecule has 1 N–H and O–H groups in total. The van der Waals surface area contributed by atoms with E-state index >= 15 is 0 Å². The van der Waals surface area contributed by atoms with Crippen molar-refractivity contribution in [3.63, 3.8) is 0 Å². The lowest BCUT2D eigenvalue weighted by Gasteiger charge is -2.07. The van der Waals surface area contributed by atoms with Crippen molar-refractivity contribution in [2.45, 2.75) is 6.42 Å². The molecule has 0 saturated carbocycles. The summed E-state index contributed by atoms with van der Waals surface area (Å²) in [6.07, 6.45) is 0.759. The topological polar surface area (TPSA) is 64.1 Å². The quantitative estimate of drug-likeness (QED) is 0.720. The first-order valence-corrected chi connectivity index (χ1v) is 8.57. The van der Waals surface area contributed by atoms with E-state index in [1.165, 1.54) is 0 Å². The van der Waals surface area contributed by atoms with Crippen LogP contribution in [0.5, 0.6) is 5.88 Å². The summed E-state index contributed by atoms with van der Waals surface area (Å²) in [5.41, 5.74) is 3.23. The Morgan fingerprint density at radius 3 is 2.58 bits per heavy atom. The summed E-state index contributed by atoms with van der Waals surface area (Å²) in [6, 6.07) is 18.5. The summed E-state index contributed by atoms with van der Waals surface area (Å²) in [7, 11) is 1.60. The average Bonchev–Trinajstić information content (AvgIpc) is 2.69. The smallest absolute Gasteiger partial charge is 0.251 e. The van der Waals surface area contributed by atoms with Gasteiger partial charge in [-0.25, -0.2) is 0 Å². The SMILES string of the molecule is CNC(=O)c1cccc(-c2ccc(OCCc3ccc(Cl)cc3)nn2)c1. The third-order valence-corrected chi connectivity index (χ3v) is 4.09. The first-order valence-electron chi connectivity index (χ1n) is 8.19. The lowest BCUT2D eigenvalue weighted by Crippen LogP contribution is -2.17. The maximum absolute atomic E-state index is 11.7. The highest BCUT2D eigenvalue weighted by molar-refractivity contribution is 6.30. The zero-order valence-corrected chi connectivity index (χ0v) is 15.0. The molecule has 5 nitrogen and oxygen atoms in total. The van der Waals surface area contributed by atoms with Gasteiger partial charge < -0.3 is 10.1 Å². The average molecular weight is 368 g/mol. The minimum Gasteiger partial charge on any atom is -0.476 e. The number of hydrogen-bond donors (Lipinski definition) is 1. The van der Waals surface area contributed by atoms with E-state index in [1.807, 2.05) is 42.5 Å². The van der Waals surface area contributed by atoms with Gasteiger partial charge in [-0.15, -0.1) is 10.2 Å². The number of aromatic nitrogens is 2. The number of carbonyl (C=O) groups excluding carboxylic acids is 1. The minimum atomic E-state index is -0.137. The Hall–Kier alpha value is -2.92. The molecule has 3 aromatic rings. The molecule has 6 heteroatoms. The van der Waals surface area contributed by atoms with Crippen molar-refractivity contribution >= 4 is 17.5 Å². The molecule has 0 aliphatic rings. The van der Waals surface area contributed by atoms with E-state index in [2.05, 4.69) is 15.5 Å². The molecule has 2 aromatic carbocycles. The maximum atomic E-state index is 11.7. The molecule has 0 saturated heterocycles. The molecule has 0 bridgehead atoms. The number of amides is 1. The highest BCUT2D eigenvalue weighted by Gasteiger charge is 2.07. The zero-order valence-electron chi connectivity index (χ0n) is 14.3. The Balaban J connectivity index is 1.61. The van der Waals surface area contributed by atoms with Gasteiger partial charge in [0.25, 0.3) is 5.91 Å². The molecule has 3 rings (SSSR count). The van der Waals surface area contributed by atoms with Crippen molar-refractivity contribution in [2.24, 2.45) is 0 Å². The maximum Gasteiger partial charge on any atom is 0.251 e. The van der Waals surface area contributed by atoms with Crippen molar-refractivity contribution < 1.29 is 9.53 Å². The Labute approximate surface area is 157 Å². The number of hydrogen-bond acceptors (Lipinski definition) is 4. The number of rotatable bonds is 6. The Morgan fingerprint density at radius 1 is 1.08 bits per heavy atom. The highest BCUT2D eigenvalue weighted by atomic mass is 35.5. The molecular weight excluding hydrogens is 350 g/mol. The highest BCUT2D eigenvalue weighted by Crippen LogP contribution is 2.19. The van der Waals surface area contributed by atoms with Crippen LogP contribution in [0.2, 0.25) is 5.02 Å². The number of benzene rings is 2. The number of carbonyl (C=O) groups is 1. The molecule has 0 atom stereocenters. The molecule has 0 radical (unpaired) electrons. The predicted molar refractivity (Wildman–Crippen MR) is 102 cm³/mol. The molecule has 1 amide bonds. The molecule has 1 aromatic heterocycles. The fraction of sp³-hybridized carbons (Fsp3) is 0.150. The van der Waals surface area contributed by atoms with Gasteiger partial charge in [-0.3, -0.25) is 4.79 Å². The Bertz CT molecular complexity index is 880. The lowest BCUT2D eigenvalue weighted by atomic mass is 10.1. The van der Waals surface area contributed by atoms with Crippen molar-refractivity contribution in [2.75, 3.05) is 13.7 Å². The fourth-order valence-electron chi connectivity index (χ4n) is 2.44. The molecular formula is C20H18ClN3O2. The van der Waals surface area contributed by atoms with Crippen LogP contribution in [0, 0.1) is 0 Å². The standard InChI is InChI=1S/C20H18ClN3O2/c1-22-20(25)16-4-2-3-15(13-16)18-9-10-19(24-23-18)26-12-11-14-5-7-17(21)8-6-14/h2-10,13H,11-12H2,1H3,(H,22,25). The predicted octanol–water partition coefficient (Wildman–Crippen LogP) is 3.78. The normalized spacial score (nSPS) is 10.4. The van der Waals surface area contributed by atoms with Gasteiger partial charge in [-0.05, 0) is 35.9 Å². The van der Waals surface area contributed by atoms with Gasteiger partial charge in [0.05, 0.1) is 12.3 Å². The van der Waals surface area contributed by atoms with Gasteiger partial charge >= 0.3 is 0 Å². The van der Waals surface area contributed by atoms with E-state index in [9.17, 15) is 4.79 Å². The van der Waals surface area contributed by atoms with E-state index < -0.39 is 0 Å². The Kier molecular flexibility index (Phi) is 5.81. The lowest BCUT2D eigenvalue weighted by molar-refractivity contribution is 0.0963. The molecule has 132 valence electrons. The molecule has 0 spiro atoms. The monoisotopic (exact) mass is 367 g/mol. The van der Waals surface area contributed by atoms with Crippen molar-refractivity contribution in [1.29, 1.82) is 0 Å². The minimum absolute atomic E-state index is 0.137. The van der Waals surface area contributed by atoms with Crippen LogP contribution < -0.4 is 10.1 Å². The summed E-state index contributed by atoms with van der Waals surface area (Å²) in [5, 5.41) is 11.6. The second-order valence-electron chi connectivity index (χ2n) is 5.64. The number of halogens is 1. The van der Waals surface area contributed by atoms with Gasteiger partial charge in [0.15, 0.2) is 0 Å². The molecule has 26 heavy (non-hydrogen) atoms. The first kappa shape index (κ1) is 17.9. The van der Waals surface area contributed by atoms with Gasteiger partial charge in [0.1, 0.15) is 0 Å². The first-order chi connectivity index (χ1) is 12.7. The van der Waals surface area contributed by atoms with E-state index in [1.54, 1.807) is 25.2 Å². The zero-order chi connectivity index (χ0) is 18.4. The molecule has 1 heterocycles. The van der Waals surface area contributed by atoms with E-state index in [-0.39, 0.29) is 5.91 Å². The van der Waals surface area contributed by atoms with Crippen molar-refractivity contribution in [3.05, 3.63) is 76.8 Å². The van der Waals surface area contributed by atoms with Gasteiger partial charge in [-0.1, -0.05) is 35.9 Å². The van der Waals surface area contributed by atoms with Crippen LogP contribution in [-0.2, 0) is 6.42 Å². The van der Waals surface area contributed by atoms with Gasteiger partial charge in [-0.2, -0.15) is 0 Å². The summed E-state index contributed by atoms with van der Waals surface area (Å²) in [4.78, 5) is 11.7. The van der Waals surface area contributed by atoms with Crippen LogP contribution in [0.15, 0.2) is 60.7 Å². The molecule has 0 fully saturated rings. The van der Waals surface area contributed by atoms with Gasteiger partial charge in [0, 0.05) is 35.7 Å². The second-order valence-corrected chi connectivity index (χ2v) is 6.08. The number of nitrogens with one attached hydrogen (secondary N) is 1. The van der Waals surface area contributed by atoms with Crippen molar-refractivity contribution in [1.82, 2.24) is 15.5 Å². The van der Waals surface area contributed by atoms with Crippen LogP contribution in [-0.4, -0.2) is 29.8 Å². The summed E-state index contributed by atoms with van der Waals surface area (Å²) in [5.74, 6) is 0.326. The molecule has 0 unspecified atom stereocenters. The third kappa shape index (κ3) is 4.58. The van der Waals surface area contributed by atoms with E-state index in [0.717, 1.165) is 22.6 Å². The van der Waals surface area contributed by atoms with E-state index in [0.29, 0.717) is 23.7 Å². The van der Waals surface area contributed by atoms with Gasteiger partial charge in [0.2, 0.25) is 5.88 Å². The van der Waals surface area contributed by atoms with Crippen LogP contribution >= 0.6 is 11.6 Å².